The van der Waals surface area contributed by atoms with Gasteiger partial charge in [0.05, 0.1) is 23.2 Å². The quantitative estimate of drug-likeness (QED) is 0.458. The number of nitrogens with zero attached hydrogens (tertiary/aromatic N) is 6. The number of rotatable bonds is 5. The molecule has 3 aromatic heterocycles. The summed E-state index contributed by atoms with van der Waals surface area (Å²) < 4.78 is 41.4. The van der Waals surface area contributed by atoms with Crippen molar-refractivity contribution >= 4 is 44.1 Å². The maximum atomic E-state index is 13.1. The first-order valence-corrected chi connectivity index (χ1v) is 12.0. The van der Waals surface area contributed by atoms with Crippen molar-refractivity contribution in [2.45, 2.75) is 11.4 Å². The van der Waals surface area contributed by atoms with Crippen molar-refractivity contribution in [3.63, 3.8) is 0 Å². The molecule has 0 saturated carbocycles. The molecule has 12 heteroatoms. The summed E-state index contributed by atoms with van der Waals surface area (Å²) in [6, 6.07) is 8.95. The summed E-state index contributed by atoms with van der Waals surface area (Å²) in [4.78, 5) is 7.73. The van der Waals surface area contributed by atoms with Gasteiger partial charge in [-0.3, -0.25) is 4.90 Å². The van der Waals surface area contributed by atoms with Crippen LogP contribution in [0.25, 0.3) is 21.7 Å². The van der Waals surface area contributed by atoms with Crippen molar-refractivity contribution < 1.29 is 12.9 Å². The smallest absolute Gasteiger partial charge is 0.245 e. The number of benzene rings is 1. The molecule has 4 aromatic rings. The van der Waals surface area contributed by atoms with Gasteiger partial charge in [0.1, 0.15) is 15.9 Å². The van der Waals surface area contributed by atoms with Crippen LogP contribution >= 0.6 is 23.1 Å². The van der Waals surface area contributed by atoms with E-state index in [4.69, 9.17) is 4.52 Å². The molecule has 1 aromatic carbocycles. The minimum absolute atomic E-state index is 0.217. The molecule has 29 heavy (non-hydrogen) atoms. The molecule has 4 heterocycles. The highest BCUT2D eigenvalue weighted by Gasteiger charge is 2.31. The van der Waals surface area contributed by atoms with Crippen LogP contribution in [0.4, 0.5) is 0 Å². The predicted octanol–water partition coefficient (Wildman–Crippen LogP) is 2.31. The van der Waals surface area contributed by atoms with Crippen LogP contribution in [-0.2, 0) is 16.6 Å². The van der Waals surface area contributed by atoms with Crippen LogP contribution in [-0.4, -0.2) is 62.7 Å². The Hall–Kier alpha value is -2.25. The van der Waals surface area contributed by atoms with Crippen molar-refractivity contribution in [3.05, 3.63) is 41.6 Å². The standard InChI is InChI=1S/C17H16N6O3S3/c24-29(25,14-5-1-3-12-16(14)21-28-20-12)23-8-6-22(7-9-23)11-15-18-17(19-26-15)13-4-2-10-27-13/h1-5,10H,6-9,11H2. The van der Waals surface area contributed by atoms with E-state index in [1.54, 1.807) is 29.5 Å². The van der Waals surface area contributed by atoms with Crippen molar-refractivity contribution in [3.8, 4) is 10.7 Å². The van der Waals surface area contributed by atoms with Gasteiger partial charge in [-0.05, 0) is 23.6 Å². The Morgan fingerprint density at radius 3 is 2.72 bits per heavy atom. The number of sulfonamides is 1. The van der Waals surface area contributed by atoms with E-state index < -0.39 is 10.0 Å². The van der Waals surface area contributed by atoms with E-state index >= 15 is 0 Å². The Bertz CT molecular complexity index is 1230. The number of hydrogen-bond acceptors (Lipinski definition) is 10. The molecule has 0 N–H and O–H groups in total. The fourth-order valence-electron chi connectivity index (χ4n) is 3.27. The van der Waals surface area contributed by atoms with Crippen molar-refractivity contribution in [2.75, 3.05) is 26.2 Å². The lowest BCUT2D eigenvalue weighted by Gasteiger charge is -2.33. The lowest BCUT2D eigenvalue weighted by Crippen LogP contribution is -2.48. The Morgan fingerprint density at radius 1 is 1.07 bits per heavy atom. The van der Waals surface area contributed by atoms with Crippen LogP contribution in [0.15, 0.2) is 45.1 Å². The summed E-state index contributed by atoms with van der Waals surface area (Å²) in [6.07, 6.45) is 0. The minimum atomic E-state index is -3.62. The van der Waals surface area contributed by atoms with Crippen LogP contribution < -0.4 is 0 Å². The van der Waals surface area contributed by atoms with Gasteiger partial charge in [0.25, 0.3) is 0 Å². The second-order valence-corrected chi connectivity index (χ2v) is 9.94. The van der Waals surface area contributed by atoms with Crippen molar-refractivity contribution in [1.82, 2.24) is 28.1 Å². The number of aromatic nitrogens is 4. The van der Waals surface area contributed by atoms with Crippen LogP contribution in [0, 0.1) is 0 Å². The first-order chi connectivity index (χ1) is 14.1. The van der Waals surface area contributed by atoms with Gasteiger partial charge in [0.15, 0.2) is 0 Å². The molecular formula is C17H16N6O3S3. The summed E-state index contributed by atoms with van der Waals surface area (Å²) in [7, 11) is -3.62. The van der Waals surface area contributed by atoms with Crippen LogP contribution in [0.1, 0.15) is 5.89 Å². The highest BCUT2D eigenvalue weighted by atomic mass is 32.2. The molecule has 9 nitrogen and oxygen atoms in total. The molecule has 1 saturated heterocycles. The third-order valence-electron chi connectivity index (χ3n) is 4.77. The zero-order valence-corrected chi connectivity index (χ0v) is 17.6. The van der Waals surface area contributed by atoms with Crippen LogP contribution in [0.2, 0.25) is 0 Å². The van der Waals surface area contributed by atoms with E-state index in [0.717, 1.165) is 16.6 Å². The molecule has 1 aliphatic heterocycles. The molecule has 1 aliphatic rings. The number of thiophene rings is 1. The maximum absolute atomic E-state index is 13.1. The predicted molar refractivity (Wildman–Crippen MR) is 109 cm³/mol. The van der Waals surface area contributed by atoms with Gasteiger partial charge in [-0.2, -0.15) is 18.0 Å². The third kappa shape index (κ3) is 3.57. The van der Waals surface area contributed by atoms with Gasteiger partial charge in [-0.1, -0.05) is 17.3 Å². The van der Waals surface area contributed by atoms with Gasteiger partial charge >= 0.3 is 0 Å². The van der Waals surface area contributed by atoms with E-state index in [1.807, 2.05) is 17.5 Å². The molecule has 150 valence electrons. The monoisotopic (exact) mass is 448 g/mol. The van der Waals surface area contributed by atoms with E-state index in [2.05, 4.69) is 23.8 Å². The Labute approximate surface area is 175 Å². The largest absolute Gasteiger partial charge is 0.338 e. The molecule has 0 bridgehead atoms. The number of hydrogen-bond donors (Lipinski definition) is 0. The summed E-state index contributed by atoms with van der Waals surface area (Å²) in [5.41, 5.74) is 1.04. The van der Waals surface area contributed by atoms with Gasteiger partial charge in [-0.25, -0.2) is 8.42 Å². The lowest BCUT2D eigenvalue weighted by atomic mass is 10.3. The summed E-state index contributed by atoms with van der Waals surface area (Å²) in [5.74, 6) is 1.12. The first-order valence-electron chi connectivity index (χ1n) is 8.91. The topological polar surface area (TPSA) is 105 Å². The molecule has 5 rings (SSSR count). The zero-order valence-electron chi connectivity index (χ0n) is 15.1. The lowest BCUT2D eigenvalue weighted by molar-refractivity contribution is 0.163. The Morgan fingerprint density at radius 2 is 1.93 bits per heavy atom. The minimum Gasteiger partial charge on any atom is -0.338 e. The molecule has 0 aliphatic carbocycles. The summed E-state index contributed by atoms with van der Waals surface area (Å²) >= 11 is 2.58. The van der Waals surface area contributed by atoms with E-state index in [9.17, 15) is 8.42 Å². The first kappa shape index (κ1) is 18.8. The fourth-order valence-corrected chi connectivity index (χ4v) is 6.10. The molecule has 1 fully saturated rings. The third-order valence-corrected chi connectivity index (χ3v) is 8.11. The van der Waals surface area contributed by atoms with Gasteiger partial charge in [0.2, 0.25) is 21.7 Å². The zero-order chi connectivity index (χ0) is 19.8. The average molecular weight is 449 g/mol. The number of fused-ring (bicyclic) bond motifs is 1. The highest BCUT2D eigenvalue weighted by molar-refractivity contribution is 7.89. The van der Waals surface area contributed by atoms with Crippen LogP contribution in [0.3, 0.4) is 0 Å². The summed E-state index contributed by atoms with van der Waals surface area (Å²) in [5, 5.41) is 5.99. The molecule has 0 amide bonds. The van der Waals surface area contributed by atoms with Crippen molar-refractivity contribution in [2.24, 2.45) is 0 Å². The van der Waals surface area contributed by atoms with Gasteiger partial charge in [0, 0.05) is 26.2 Å². The molecule has 0 spiro atoms. The van der Waals surface area contributed by atoms with Crippen LogP contribution in [0.5, 0.6) is 0 Å². The van der Waals surface area contributed by atoms with Gasteiger partial charge < -0.3 is 4.52 Å². The summed E-state index contributed by atoms with van der Waals surface area (Å²) in [6.45, 7) is 2.45. The molecule has 0 radical (unpaired) electrons. The Balaban J connectivity index is 1.26. The Kier molecular flexibility index (Phi) is 4.87. The SMILES string of the molecule is O=S(=O)(c1cccc2nsnc12)N1CCN(Cc2nc(-c3cccs3)no2)CC1. The van der Waals surface area contributed by atoms with Gasteiger partial charge in [-0.15, -0.1) is 11.3 Å². The van der Waals surface area contributed by atoms with E-state index in [1.165, 1.54) is 4.31 Å². The highest BCUT2D eigenvalue weighted by Crippen LogP contribution is 2.26. The second kappa shape index (κ2) is 7.54. The van der Waals surface area contributed by atoms with E-state index in [0.29, 0.717) is 55.5 Å². The van der Waals surface area contributed by atoms with Crippen molar-refractivity contribution in [1.29, 1.82) is 0 Å². The second-order valence-electron chi connectivity index (χ2n) is 6.56. The normalized spacial score (nSPS) is 16.6. The molecular weight excluding hydrogens is 432 g/mol. The molecule has 0 atom stereocenters. The average Bonchev–Trinajstić information content (AvgIpc) is 3.48. The molecule has 0 unspecified atom stereocenters. The fraction of sp³-hybridized carbons (Fsp3) is 0.294. The number of piperazine rings is 1. The van der Waals surface area contributed by atoms with E-state index in [-0.39, 0.29) is 4.90 Å². The maximum Gasteiger partial charge on any atom is 0.245 e.